The molecule has 1 aromatic rings. The first-order valence-corrected chi connectivity index (χ1v) is 7.29. The van der Waals surface area contributed by atoms with Crippen LogP contribution in [0.2, 0.25) is 0 Å². The Hall–Kier alpha value is -1.57. The highest BCUT2D eigenvalue weighted by atomic mass is 16.2. The minimum atomic E-state index is 0.155. The zero-order valence-corrected chi connectivity index (χ0v) is 11.8. The van der Waals surface area contributed by atoms with E-state index >= 15 is 0 Å². The van der Waals surface area contributed by atoms with E-state index in [4.69, 9.17) is 0 Å². The van der Waals surface area contributed by atoms with Gasteiger partial charge in [-0.05, 0) is 31.4 Å². The molecule has 19 heavy (non-hydrogen) atoms. The smallest absolute Gasteiger partial charge is 0.246 e. The van der Waals surface area contributed by atoms with E-state index in [-0.39, 0.29) is 5.91 Å². The topological polar surface area (TPSA) is 20.3 Å². The average molecular weight is 257 g/mol. The van der Waals surface area contributed by atoms with E-state index in [1.165, 1.54) is 24.8 Å². The summed E-state index contributed by atoms with van der Waals surface area (Å²) < 4.78 is 0. The van der Waals surface area contributed by atoms with E-state index in [0.29, 0.717) is 0 Å². The normalized spacial score (nSPS) is 17.2. The van der Waals surface area contributed by atoms with Crippen LogP contribution < -0.4 is 0 Å². The number of aryl methyl sites for hydroxylation is 1. The first-order valence-electron chi connectivity index (χ1n) is 7.29. The molecule has 0 radical (unpaired) electrons. The maximum Gasteiger partial charge on any atom is 0.246 e. The second-order valence-electron chi connectivity index (χ2n) is 5.34. The highest BCUT2D eigenvalue weighted by Crippen LogP contribution is 2.11. The molecule has 1 amide bonds. The van der Waals surface area contributed by atoms with Crippen LogP contribution in [0, 0.1) is 6.92 Å². The fourth-order valence-corrected chi connectivity index (χ4v) is 2.42. The van der Waals surface area contributed by atoms with Gasteiger partial charge in [-0.2, -0.15) is 0 Å². The molecule has 2 heteroatoms. The number of carbonyl (C=O) groups is 1. The monoisotopic (exact) mass is 257 g/mol. The summed E-state index contributed by atoms with van der Waals surface area (Å²) in [5.41, 5.74) is 2.33. The highest BCUT2D eigenvalue weighted by molar-refractivity contribution is 5.91. The lowest BCUT2D eigenvalue weighted by Gasteiger charge is -2.23. The van der Waals surface area contributed by atoms with Crippen molar-refractivity contribution >= 4 is 12.0 Å². The highest BCUT2D eigenvalue weighted by Gasteiger charge is 2.11. The van der Waals surface area contributed by atoms with Gasteiger partial charge in [-0.25, -0.2) is 0 Å². The summed E-state index contributed by atoms with van der Waals surface area (Å²) in [6, 6.07) is 8.24. The summed E-state index contributed by atoms with van der Waals surface area (Å²) in [6.07, 6.45) is 9.75. The second-order valence-corrected chi connectivity index (χ2v) is 5.34. The summed E-state index contributed by atoms with van der Waals surface area (Å²) in [7, 11) is 0. The Morgan fingerprint density at radius 2 is 1.58 bits per heavy atom. The van der Waals surface area contributed by atoms with E-state index in [1.54, 1.807) is 6.08 Å². The molecular formula is C17H23NO. The summed E-state index contributed by atoms with van der Waals surface area (Å²) in [5.74, 6) is 0.155. The zero-order valence-electron chi connectivity index (χ0n) is 11.8. The number of rotatable bonds is 2. The molecule has 0 N–H and O–H groups in total. The van der Waals surface area contributed by atoms with Crippen molar-refractivity contribution in [3.63, 3.8) is 0 Å². The lowest BCUT2D eigenvalue weighted by atomic mass is 10.1. The van der Waals surface area contributed by atoms with Crippen LogP contribution in [0.25, 0.3) is 6.08 Å². The number of likely N-dealkylation sites (tertiary alicyclic amines) is 1. The quantitative estimate of drug-likeness (QED) is 0.738. The van der Waals surface area contributed by atoms with Gasteiger partial charge in [0, 0.05) is 19.2 Å². The van der Waals surface area contributed by atoms with Crippen molar-refractivity contribution in [2.75, 3.05) is 13.1 Å². The molecule has 0 bridgehead atoms. The molecule has 2 nitrogen and oxygen atoms in total. The van der Waals surface area contributed by atoms with Crippen molar-refractivity contribution in [2.24, 2.45) is 0 Å². The third kappa shape index (κ3) is 4.55. The van der Waals surface area contributed by atoms with Crippen LogP contribution in [-0.2, 0) is 4.79 Å². The van der Waals surface area contributed by atoms with Gasteiger partial charge in [-0.15, -0.1) is 0 Å². The lowest BCUT2D eigenvalue weighted by Crippen LogP contribution is -2.32. The minimum absolute atomic E-state index is 0.155. The van der Waals surface area contributed by atoms with Crippen LogP contribution in [0.5, 0.6) is 0 Å². The van der Waals surface area contributed by atoms with Crippen molar-refractivity contribution in [2.45, 2.75) is 39.0 Å². The van der Waals surface area contributed by atoms with Crippen LogP contribution in [0.4, 0.5) is 0 Å². The number of hydrogen-bond donors (Lipinski definition) is 0. The number of nitrogens with zero attached hydrogens (tertiary/aromatic N) is 1. The molecule has 1 saturated heterocycles. The number of carbonyl (C=O) groups excluding carboxylic acids is 1. The zero-order chi connectivity index (χ0) is 13.5. The largest absolute Gasteiger partial charge is 0.339 e. The molecule has 0 saturated carbocycles. The maximum atomic E-state index is 12.1. The fourth-order valence-electron chi connectivity index (χ4n) is 2.42. The SMILES string of the molecule is Cc1ccc(/C=C/C(=O)N2CCCCCCC2)cc1. The van der Waals surface area contributed by atoms with Crippen molar-refractivity contribution in [1.82, 2.24) is 4.90 Å². The van der Waals surface area contributed by atoms with Gasteiger partial charge in [0.05, 0.1) is 0 Å². The van der Waals surface area contributed by atoms with E-state index in [2.05, 4.69) is 19.1 Å². The van der Waals surface area contributed by atoms with Crippen LogP contribution >= 0.6 is 0 Å². The Balaban J connectivity index is 1.93. The van der Waals surface area contributed by atoms with Gasteiger partial charge >= 0.3 is 0 Å². The number of amides is 1. The molecule has 1 aromatic carbocycles. The Morgan fingerprint density at radius 3 is 2.21 bits per heavy atom. The van der Waals surface area contributed by atoms with Gasteiger partial charge in [-0.3, -0.25) is 4.79 Å². The van der Waals surface area contributed by atoms with Crippen molar-refractivity contribution < 1.29 is 4.79 Å². The molecule has 1 heterocycles. The maximum absolute atomic E-state index is 12.1. The fraction of sp³-hybridized carbons (Fsp3) is 0.471. The standard InChI is InChI=1S/C17H23NO/c1-15-7-9-16(10-8-15)11-12-17(19)18-13-5-3-2-4-6-14-18/h7-12H,2-6,13-14H2,1H3/b12-11+. The first kappa shape index (κ1) is 13.9. The molecule has 0 spiro atoms. The van der Waals surface area contributed by atoms with Crippen LogP contribution in [0.15, 0.2) is 30.3 Å². The first-order chi connectivity index (χ1) is 9.25. The molecule has 0 aliphatic carbocycles. The third-order valence-electron chi connectivity index (χ3n) is 3.66. The summed E-state index contributed by atoms with van der Waals surface area (Å²) in [4.78, 5) is 14.1. The predicted octanol–water partition coefficient (Wildman–Crippen LogP) is 3.80. The Bertz CT molecular complexity index is 425. The number of benzene rings is 1. The van der Waals surface area contributed by atoms with Gasteiger partial charge in [-0.1, -0.05) is 49.1 Å². The Morgan fingerprint density at radius 1 is 1.00 bits per heavy atom. The van der Waals surface area contributed by atoms with Gasteiger partial charge in [0.25, 0.3) is 0 Å². The van der Waals surface area contributed by atoms with Crippen molar-refractivity contribution in [3.05, 3.63) is 41.5 Å². The second kappa shape index (κ2) is 7.13. The van der Waals surface area contributed by atoms with Crippen LogP contribution in [0.1, 0.15) is 43.2 Å². The molecule has 0 aromatic heterocycles. The Kier molecular flexibility index (Phi) is 5.20. The van der Waals surface area contributed by atoms with Gasteiger partial charge in [0.2, 0.25) is 5.91 Å². The van der Waals surface area contributed by atoms with Crippen LogP contribution in [0.3, 0.4) is 0 Å². The average Bonchev–Trinajstić information content (AvgIpc) is 2.37. The molecule has 1 aliphatic rings. The summed E-state index contributed by atoms with van der Waals surface area (Å²) in [5, 5.41) is 0. The van der Waals surface area contributed by atoms with Gasteiger partial charge in [0.1, 0.15) is 0 Å². The third-order valence-corrected chi connectivity index (χ3v) is 3.66. The summed E-state index contributed by atoms with van der Waals surface area (Å²) in [6.45, 7) is 3.90. The molecule has 2 rings (SSSR count). The van der Waals surface area contributed by atoms with Gasteiger partial charge in [0.15, 0.2) is 0 Å². The van der Waals surface area contributed by atoms with E-state index in [1.807, 2.05) is 23.1 Å². The lowest BCUT2D eigenvalue weighted by molar-refractivity contribution is -0.126. The molecule has 0 unspecified atom stereocenters. The molecule has 1 fully saturated rings. The molecule has 0 atom stereocenters. The van der Waals surface area contributed by atoms with E-state index in [9.17, 15) is 4.79 Å². The molecular weight excluding hydrogens is 234 g/mol. The van der Waals surface area contributed by atoms with Crippen molar-refractivity contribution in [1.29, 1.82) is 0 Å². The van der Waals surface area contributed by atoms with E-state index in [0.717, 1.165) is 31.5 Å². The number of hydrogen-bond acceptors (Lipinski definition) is 1. The Labute approximate surface area is 116 Å². The van der Waals surface area contributed by atoms with Gasteiger partial charge < -0.3 is 4.90 Å². The van der Waals surface area contributed by atoms with Crippen molar-refractivity contribution in [3.8, 4) is 0 Å². The van der Waals surface area contributed by atoms with E-state index < -0.39 is 0 Å². The molecule has 1 aliphatic heterocycles. The minimum Gasteiger partial charge on any atom is -0.339 e. The predicted molar refractivity (Wildman–Crippen MR) is 79.9 cm³/mol. The molecule has 102 valence electrons. The van der Waals surface area contributed by atoms with Crippen LogP contribution in [-0.4, -0.2) is 23.9 Å². The summed E-state index contributed by atoms with van der Waals surface area (Å²) >= 11 is 0.